The predicted octanol–water partition coefficient (Wildman–Crippen LogP) is 1.44. The van der Waals surface area contributed by atoms with Crippen molar-refractivity contribution in [2.75, 3.05) is 27.4 Å². The maximum absolute atomic E-state index is 11.8. The summed E-state index contributed by atoms with van der Waals surface area (Å²) in [6.45, 7) is 5.35. The van der Waals surface area contributed by atoms with Gasteiger partial charge in [-0.3, -0.25) is 4.79 Å². The van der Waals surface area contributed by atoms with Crippen LogP contribution in [0.5, 0.6) is 0 Å². The molecule has 0 atom stereocenters. The van der Waals surface area contributed by atoms with E-state index < -0.39 is 12.1 Å². The molecule has 0 radical (unpaired) electrons. The average molecular weight is 268 g/mol. The normalized spacial score (nSPS) is 26.3. The third kappa shape index (κ3) is 2.79. The highest BCUT2D eigenvalue weighted by atomic mass is 16.7. The van der Waals surface area contributed by atoms with Crippen LogP contribution in [0.2, 0.25) is 0 Å². The molecule has 0 spiro atoms. The Morgan fingerprint density at radius 3 is 2.26 bits per heavy atom. The van der Waals surface area contributed by atoms with Crippen molar-refractivity contribution >= 4 is 5.78 Å². The Morgan fingerprint density at radius 1 is 1.16 bits per heavy atom. The van der Waals surface area contributed by atoms with Gasteiger partial charge in [0.1, 0.15) is 0 Å². The van der Waals surface area contributed by atoms with E-state index >= 15 is 0 Å². The zero-order valence-electron chi connectivity index (χ0n) is 11.8. The second kappa shape index (κ2) is 5.17. The van der Waals surface area contributed by atoms with Gasteiger partial charge in [0, 0.05) is 25.2 Å². The SMILES string of the molecule is COC1(OC)C=C(C2OCC(C)(C)CO2)C=CC1=O. The standard InChI is InChI=1S/C14H20O5/c1-13(2)8-18-12(19-9-13)10-5-6-11(15)14(7-10,16-3)17-4/h5-7,12H,8-9H2,1-4H3. The Morgan fingerprint density at radius 2 is 1.74 bits per heavy atom. The average Bonchev–Trinajstić information content (AvgIpc) is 2.40. The molecule has 1 heterocycles. The Balaban J connectivity index is 2.17. The van der Waals surface area contributed by atoms with Gasteiger partial charge in [-0.25, -0.2) is 0 Å². The van der Waals surface area contributed by atoms with Gasteiger partial charge in [-0.05, 0) is 12.2 Å². The first-order valence-electron chi connectivity index (χ1n) is 6.21. The molecule has 2 aliphatic rings. The molecular formula is C14H20O5. The maximum Gasteiger partial charge on any atom is 0.253 e. The Labute approximate surface area is 113 Å². The molecule has 1 aliphatic heterocycles. The first-order chi connectivity index (χ1) is 8.92. The van der Waals surface area contributed by atoms with E-state index in [1.54, 1.807) is 12.2 Å². The van der Waals surface area contributed by atoms with Gasteiger partial charge in [0.15, 0.2) is 6.29 Å². The molecule has 5 nitrogen and oxygen atoms in total. The lowest BCUT2D eigenvalue weighted by atomic mass is 9.94. The number of carbonyl (C=O) groups is 1. The largest absolute Gasteiger partial charge is 0.348 e. The van der Waals surface area contributed by atoms with E-state index in [4.69, 9.17) is 18.9 Å². The van der Waals surface area contributed by atoms with Crippen molar-refractivity contribution in [1.82, 2.24) is 0 Å². The molecule has 1 saturated heterocycles. The van der Waals surface area contributed by atoms with Gasteiger partial charge in [0.2, 0.25) is 5.78 Å². The summed E-state index contributed by atoms with van der Waals surface area (Å²) in [6.07, 6.45) is 4.23. The summed E-state index contributed by atoms with van der Waals surface area (Å²) in [5.74, 6) is -1.62. The van der Waals surface area contributed by atoms with Crippen LogP contribution in [-0.2, 0) is 23.7 Å². The van der Waals surface area contributed by atoms with Crippen molar-refractivity contribution in [3.05, 3.63) is 23.8 Å². The first-order valence-corrected chi connectivity index (χ1v) is 6.21. The van der Waals surface area contributed by atoms with Crippen LogP contribution in [0.1, 0.15) is 13.8 Å². The number of hydrogen-bond acceptors (Lipinski definition) is 5. The predicted molar refractivity (Wildman–Crippen MR) is 68.5 cm³/mol. The molecule has 2 rings (SSSR count). The monoisotopic (exact) mass is 268 g/mol. The summed E-state index contributed by atoms with van der Waals surface area (Å²) in [7, 11) is 2.86. The Kier molecular flexibility index (Phi) is 3.92. The summed E-state index contributed by atoms with van der Waals surface area (Å²) < 4.78 is 21.8. The second-order valence-electron chi connectivity index (χ2n) is 5.54. The number of carbonyl (C=O) groups excluding carboxylic acids is 1. The molecule has 0 amide bonds. The molecular weight excluding hydrogens is 248 g/mol. The third-order valence-electron chi connectivity index (χ3n) is 3.26. The van der Waals surface area contributed by atoms with Crippen molar-refractivity contribution in [2.24, 2.45) is 5.41 Å². The first kappa shape index (κ1) is 14.4. The van der Waals surface area contributed by atoms with Gasteiger partial charge < -0.3 is 18.9 Å². The van der Waals surface area contributed by atoms with Gasteiger partial charge in [0.25, 0.3) is 5.79 Å². The van der Waals surface area contributed by atoms with E-state index in [9.17, 15) is 4.79 Å². The Bertz CT molecular complexity index is 408. The quantitative estimate of drug-likeness (QED) is 0.725. The molecule has 1 fully saturated rings. The van der Waals surface area contributed by atoms with Crippen LogP contribution in [0.3, 0.4) is 0 Å². The van der Waals surface area contributed by atoms with Crippen LogP contribution in [0, 0.1) is 5.41 Å². The number of hydrogen-bond donors (Lipinski definition) is 0. The van der Waals surface area contributed by atoms with Gasteiger partial charge in [0.05, 0.1) is 13.2 Å². The highest BCUT2D eigenvalue weighted by Gasteiger charge is 2.40. The number of rotatable bonds is 3. The van der Waals surface area contributed by atoms with E-state index in [2.05, 4.69) is 13.8 Å². The van der Waals surface area contributed by atoms with Crippen molar-refractivity contribution in [1.29, 1.82) is 0 Å². The van der Waals surface area contributed by atoms with Crippen molar-refractivity contribution in [2.45, 2.75) is 25.9 Å². The van der Waals surface area contributed by atoms with Crippen molar-refractivity contribution in [3.63, 3.8) is 0 Å². The van der Waals surface area contributed by atoms with Crippen molar-refractivity contribution < 1.29 is 23.7 Å². The van der Waals surface area contributed by atoms with Crippen LogP contribution in [0.15, 0.2) is 23.8 Å². The van der Waals surface area contributed by atoms with Gasteiger partial charge in [-0.2, -0.15) is 0 Å². The summed E-state index contributed by atoms with van der Waals surface area (Å²) >= 11 is 0. The molecule has 1 aliphatic carbocycles. The maximum atomic E-state index is 11.8. The van der Waals surface area contributed by atoms with Crippen LogP contribution < -0.4 is 0 Å². The molecule has 19 heavy (non-hydrogen) atoms. The molecule has 0 aromatic carbocycles. The molecule has 0 N–H and O–H groups in total. The highest BCUT2D eigenvalue weighted by molar-refractivity contribution is 5.99. The van der Waals surface area contributed by atoms with E-state index in [1.807, 2.05) is 0 Å². The third-order valence-corrected chi connectivity index (χ3v) is 3.26. The van der Waals surface area contributed by atoms with Crippen LogP contribution >= 0.6 is 0 Å². The van der Waals surface area contributed by atoms with Crippen molar-refractivity contribution in [3.8, 4) is 0 Å². The summed E-state index contributed by atoms with van der Waals surface area (Å²) in [5.41, 5.74) is 0.740. The fourth-order valence-electron chi connectivity index (χ4n) is 2.06. The molecule has 0 bridgehead atoms. The van der Waals surface area contributed by atoms with E-state index in [-0.39, 0.29) is 11.2 Å². The van der Waals surface area contributed by atoms with E-state index in [0.717, 1.165) is 5.57 Å². The van der Waals surface area contributed by atoms with Gasteiger partial charge in [-0.1, -0.05) is 19.9 Å². The summed E-state index contributed by atoms with van der Waals surface area (Å²) in [6, 6.07) is 0. The molecule has 0 saturated carbocycles. The molecule has 0 aromatic heterocycles. The van der Waals surface area contributed by atoms with Crippen LogP contribution in [0.4, 0.5) is 0 Å². The fraction of sp³-hybridized carbons (Fsp3) is 0.643. The minimum absolute atomic E-state index is 0.00482. The summed E-state index contributed by atoms with van der Waals surface area (Å²) in [5, 5.41) is 0. The number of ketones is 1. The van der Waals surface area contributed by atoms with E-state index in [1.165, 1.54) is 20.3 Å². The Hall–Kier alpha value is -1.01. The minimum Gasteiger partial charge on any atom is -0.348 e. The zero-order valence-corrected chi connectivity index (χ0v) is 11.8. The fourth-order valence-corrected chi connectivity index (χ4v) is 2.06. The van der Waals surface area contributed by atoms with Gasteiger partial charge >= 0.3 is 0 Å². The summed E-state index contributed by atoms with van der Waals surface area (Å²) in [4.78, 5) is 11.8. The zero-order chi connectivity index (χ0) is 14.1. The highest BCUT2D eigenvalue weighted by Crippen LogP contribution is 2.30. The number of ether oxygens (including phenoxy) is 4. The van der Waals surface area contributed by atoms with E-state index in [0.29, 0.717) is 13.2 Å². The molecule has 106 valence electrons. The van der Waals surface area contributed by atoms with Gasteiger partial charge in [-0.15, -0.1) is 0 Å². The topological polar surface area (TPSA) is 54.0 Å². The lowest BCUT2D eigenvalue weighted by Gasteiger charge is -2.36. The number of methoxy groups -OCH3 is 2. The van der Waals surface area contributed by atoms with Crippen LogP contribution in [0.25, 0.3) is 0 Å². The minimum atomic E-state index is -1.37. The molecule has 0 unspecified atom stereocenters. The smallest absolute Gasteiger partial charge is 0.253 e. The lowest BCUT2D eigenvalue weighted by Crippen LogP contribution is -2.44. The molecule has 0 aromatic rings. The van der Waals surface area contributed by atoms with Crippen LogP contribution in [-0.4, -0.2) is 45.3 Å². The lowest BCUT2D eigenvalue weighted by molar-refractivity contribution is -0.205. The second-order valence-corrected chi connectivity index (χ2v) is 5.54. The molecule has 5 heteroatoms.